The van der Waals surface area contributed by atoms with E-state index in [0.29, 0.717) is 0 Å². The monoisotopic (exact) mass is 389 g/mol. The number of aliphatic imine (C=N–C) groups is 1. The van der Waals surface area contributed by atoms with E-state index in [0.717, 1.165) is 35.3 Å². The highest BCUT2D eigenvalue weighted by atomic mass is 35.5. The van der Waals surface area contributed by atoms with Crippen molar-refractivity contribution in [2.45, 2.75) is 38.5 Å². The first kappa shape index (κ1) is 21.6. The first-order valence-electron chi connectivity index (χ1n) is 8.63. The molecule has 0 radical (unpaired) electrons. The highest BCUT2D eigenvalue weighted by Gasteiger charge is 2.08. The van der Waals surface area contributed by atoms with Crippen LogP contribution >= 0.6 is 35.8 Å². The number of amidine groups is 1. The summed E-state index contributed by atoms with van der Waals surface area (Å²) in [5, 5.41) is 1.52. The van der Waals surface area contributed by atoms with Crippen molar-refractivity contribution in [2.24, 2.45) is 10.7 Å². The Balaban J connectivity index is 0.00000288. The van der Waals surface area contributed by atoms with Gasteiger partial charge in [0.1, 0.15) is 0 Å². The fourth-order valence-electron chi connectivity index (χ4n) is 2.82. The molecule has 1 saturated heterocycles. The fraction of sp³-hybridized carbons (Fsp3) is 0.611. The number of aryl methyl sites for hydroxylation is 1. The van der Waals surface area contributed by atoms with Crippen LogP contribution in [0.15, 0.2) is 29.3 Å². The first-order chi connectivity index (χ1) is 11.2. The third-order valence-corrected chi connectivity index (χ3v) is 5.29. The van der Waals surface area contributed by atoms with Crippen LogP contribution < -0.4 is 5.73 Å². The Hall–Kier alpha value is -0.420. The van der Waals surface area contributed by atoms with Gasteiger partial charge in [-0.1, -0.05) is 41.9 Å². The lowest BCUT2D eigenvalue weighted by Gasteiger charge is -2.26. The number of nitrogens with two attached hydrogens (primary N) is 1. The maximum Gasteiger partial charge on any atom is 0.153 e. The van der Waals surface area contributed by atoms with Crippen LogP contribution in [0.3, 0.4) is 0 Å². The van der Waals surface area contributed by atoms with E-state index in [4.69, 9.17) is 17.3 Å². The summed E-state index contributed by atoms with van der Waals surface area (Å²) in [4.78, 5) is 7.03. The van der Waals surface area contributed by atoms with Crippen LogP contribution in [-0.2, 0) is 6.42 Å². The molecule has 2 N–H and O–H groups in total. The van der Waals surface area contributed by atoms with Crippen molar-refractivity contribution in [1.82, 2.24) is 4.90 Å². The SMILES string of the molecule is Cl.NC(=NCCCc1ccc(Cl)cc1)SCCCN1CCCCC1. The Morgan fingerprint density at radius 3 is 2.54 bits per heavy atom. The normalized spacial score (nSPS) is 16.0. The van der Waals surface area contributed by atoms with Gasteiger partial charge in [0.05, 0.1) is 0 Å². The number of rotatable bonds is 8. The standard InChI is InChI=1S/C18H28ClN3S.ClH/c19-17-9-7-16(8-10-17)6-4-11-21-18(20)23-15-5-14-22-12-2-1-3-13-22;/h7-10H,1-6,11-15H2,(H2,20,21);1H. The minimum absolute atomic E-state index is 0. The van der Waals surface area contributed by atoms with Gasteiger partial charge in [-0.3, -0.25) is 4.99 Å². The Labute approximate surface area is 161 Å². The van der Waals surface area contributed by atoms with E-state index < -0.39 is 0 Å². The Morgan fingerprint density at radius 2 is 1.83 bits per heavy atom. The molecule has 0 unspecified atom stereocenters. The highest BCUT2D eigenvalue weighted by molar-refractivity contribution is 8.13. The van der Waals surface area contributed by atoms with Crippen molar-refractivity contribution >= 4 is 40.9 Å². The van der Waals surface area contributed by atoms with Gasteiger partial charge in [-0.05, 0) is 69.4 Å². The molecule has 0 aromatic heterocycles. The summed E-state index contributed by atoms with van der Waals surface area (Å²) in [6, 6.07) is 8.02. The van der Waals surface area contributed by atoms with Crippen LogP contribution in [0, 0.1) is 0 Å². The molecule has 0 amide bonds. The van der Waals surface area contributed by atoms with E-state index in [1.807, 2.05) is 12.1 Å². The van der Waals surface area contributed by atoms with Gasteiger partial charge in [0.25, 0.3) is 0 Å². The lowest BCUT2D eigenvalue weighted by atomic mass is 10.1. The van der Waals surface area contributed by atoms with E-state index >= 15 is 0 Å². The molecule has 1 aliphatic heterocycles. The van der Waals surface area contributed by atoms with Crippen LogP contribution in [0.4, 0.5) is 0 Å². The quantitative estimate of drug-likeness (QED) is 0.400. The topological polar surface area (TPSA) is 41.6 Å². The van der Waals surface area contributed by atoms with E-state index in [1.54, 1.807) is 11.8 Å². The van der Waals surface area contributed by atoms with Gasteiger partial charge in [0, 0.05) is 17.3 Å². The minimum Gasteiger partial charge on any atom is -0.379 e. The Bertz CT molecular complexity index is 474. The second-order valence-electron chi connectivity index (χ2n) is 6.05. The summed E-state index contributed by atoms with van der Waals surface area (Å²) in [6.45, 7) is 4.56. The van der Waals surface area contributed by atoms with Crippen LogP contribution in [-0.4, -0.2) is 42.0 Å². The molecule has 1 aromatic rings. The van der Waals surface area contributed by atoms with Gasteiger partial charge in [-0.25, -0.2) is 0 Å². The summed E-state index contributed by atoms with van der Waals surface area (Å²) in [7, 11) is 0. The molecule has 1 fully saturated rings. The van der Waals surface area contributed by atoms with Crippen molar-refractivity contribution in [3.05, 3.63) is 34.9 Å². The molecule has 3 nitrogen and oxygen atoms in total. The first-order valence-corrected chi connectivity index (χ1v) is 10.00. The average Bonchev–Trinajstić information content (AvgIpc) is 2.58. The molecule has 0 atom stereocenters. The Morgan fingerprint density at radius 1 is 1.12 bits per heavy atom. The third kappa shape index (κ3) is 9.16. The van der Waals surface area contributed by atoms with Crippen LogP contribution in [0.5, 0.6) is 0 Å². The summed E-state index contributed by atoms with van der Waals surface area (Å²) in [5.74, 6) is 1.07. The van der Waals surface area contributed by atoms with Gasteiger partial charge >= 0.3 is 0 Å². The maximum atomic E-state index is 5.97. The molecule has 1 aromatic carbocycles. The van der Waals surface area contributed by atoms with Crippen molar-refractivity contribution in [3.63, 3.8) is 0 Å². The predicted octanol–water partition coefficient (Wildman–Crippen LogP) is 4.62. The molecule has 2 rings (SSSR count). The Kier molecular flexibility index (Phi) is 11.6. The van der Waals surface area contributed by atoms with E-state index in [9.17, 15) is 0 Å². The van der Waals surface area contributed by atoms with E-state index in [2.05, 4.69) is 22.0 Å². The number of halogens is 2. The molecular formula is C18H29Cl2N3S. The summed E-state index contributed by atoms with van der Waals surface area (Å²) in [5.41, 5.74) is 7.28. The zero-order valence-corrected chi connectivity index (χ0v) is 16.6. The molecule has 0 saturated carbocycles. The summed E-state index contributed by atoms with van der Waals surface area (Å²) in [6.07, 6.45) is 7.38. The van der Waals surface area contributed by atoms with Crippen LogP contribution in [0.25, 0.3) is 0 Å². The van der Waals surface area contributed by atoms with Crippen LogP contribution in [0.2, 0.25) is 5.02 Å². The van der Waals surface area contributed by atoms with E-state index in [-0.39, 0.29) is 12.4 Å². The molecule has 1 aliphatic rings. The van der Waals surface area contributed by atoms with Crippen molar-refractivity contribution in [1.29, 1.82) is 0 Å². The second kappa shape index (κ2) is 12.9. The fourth-order valence-corrected chi connectivity index (χ4v) is 3.61. The molecule has 1 heterocycles. The molecule has 6 heteroatoms. The smallest absolute Gasteiger partial charge is 0.153 e. The zero-order valence-electron chi connectivity index (χ0n) is 14.3. The molecule has 0 spiro atoms. The maximum absolute atomic E-state index is 5.97. The average molecular weight is 390 g/mol. The molecule has 24 heavy (non-hydrogen) atoms. The third-order valence-electron chi connectivity index (χ3n) is 4.12. The number of hydrogen-bond donors (Lipinski definition) is 1. The number of piperidine rings is 1. The van der Waals surface area contributed by atoms with Gasteiger partial charge < -0.3 is 10.6 Å². The molecular weight excluding hydrogens is 361 g/mol. The summed E-state index contributed by atoms with van der Waals surface area (Å²) >= 11 is 7.58. The van der Waals surface area contributed by atoms with Crippen molar-refractivity contribution in [3.8, 4) is 0 Å². The number of thioether (sulfide) groups is 1. The van der Waals surface area contributed by atoms with Gasteiger partial charge in [-0.2, -0.15) is 0 Å². The number of hydrogen-bond acceptors (Lipinski definition) is 3. The van der Waals surface area contributed by atoms with Gasteiger partial charge in [0.2, 0.25) is 0 Å². The van der Waals surface area contributed by atoms with Gasteiger partial charge in [0.15, 0.2) is 5.17 Å². The lowest BCUT2D eigenvalue weighted by Crippen LogP contribution is -2.30. The molecule has 0 aliphatic carbocycles. The van der Waals surface area contributed by atoms with Crippen molar-refractivity contribution in [2.75, 3.05) is 31.9 Å². The van der Waals surface area contributed by atoms with Crippen molar-refractivity contribution < 1.29 is 0 Å². The van der Waals surface area contributed by atoms with Crippen LogP contribution in [0.1, 0.15) is 37.7 Å². The minimum atomic E-state index is 0. The molecule has 0 bridgehead atoms. The second-order valence-corrected chi connectivity index (χ2v) is 7.61. The lowest BCUT2D eigenvalue weighted by molar-refractivity contribution is 0.230. The zero-order chi connectivity index (χ0) is 16.3. The van der Waals surface area contributed by atoms with Gasteiger partial charge in [-0.15, -0.1) is 12.4 Å². The largest absolute Gasteiger partial charge is 0.379 e. The number of likely N-dealkylation sites (tertiary alicyclic amines) is 1. The molecule has 136 valence electrons. The highest BCUT2D eigenvalue weighted by Crippen LogP contribution is 2.12. The summed E-state index contributed by atoms with van der Waals surface area (Å²) < 4.78 is 0. The number of nitrogens with zero attached hydrogens (tertiary/aromatic N) is 2. The van der Waals surface area contributed by atoms with E-state index in [1.165, 1.54) is 50.9 Å². The number of benzene rings is 1. The predicted molar refractivity (Wildman–Crippen MR) is 111 cm³/mol.